The zero-order valence-electron chi connectivity index (χ0n) is 12.1. The summed E-state index contributed by atoms with van der Waals surface area (Å²) < 4.78 is 4.72. The summed E-state index contributed by atoms with van der Waals surface area (Å²) in [5, 5.41) is 5.42. The first-order valence-corrected chi connectivity index (χ1v) is 7.67. The number of nitrogens with one attached hydrogen (secondary N) is 1. The number of ether oxygens (including phenoxy) is 1. The van der Waals surface area contributed by atoms with E-state index in [2.05, 4.69) is 28.7 Å². The summed E-state index contributed by atoms with van der Waals surface area (Å²) >= 11 is 1.70. The minimum atomic E-state index is -0.457. The number of methoxy groups -OCH3 is 1. The summed E-state index contributed by atoms with van der Waals surface area (Å²) in [6.45, 7) is 2.14. The fourth-order valence-electron chi connectivity index (χ4n) is 2.07. The van der Waals surface area contributed by atoms with E-state index in [1.165, 1.54) is 18.2 Å². The van der Waals surface area contributed by atoms with Gasteiger partial charge in [0.2, 0.25) is 0 Å². The monoisotopic (exact) mass is 305 g/mol. The number of nitrogens with zero attached hydrogens (tertiary/aromatic N) is 1. The topological polar surface area (TPSA) is 77.2 Å². The molecule has 112 valence electrons. The van der Waals surface area contributed by atoms with Crippen molar-refractivity contribution in [3.63, 3.8) is 0 Å². The van der Waals surface area contributed by atoms with Gasteiger partial charge >= 0.3 is 5.97 Å². The number of rotatable bonds is 6. The zero-order chi connectivity index (χ0) is 15.2. The molecule has 5 nitrogen and oxygen atoms in total. The van der Waals surface area contributed by atoms with E-state index in [1.807, 2.05) is 6.07 Å². The third-order valence-electron chi connectivity index (χ3n) is 3.13. The van der Waals surface area contributed by atoms with Crippen molar-refractivity contribution in [2.45, 2.75) is 25.8 Å². The van der Waals surface area contributed by atoms with E-state index in [0.29, 0.717) is 17.1 Å². The number of aromatic nitrogens is 1. The second-order valence-corrected chi connectivity index (χ2v) is 5.63. The molecular weight excluding hydrogens is 286 g/mol. The summed E-state index contributed by atoms with van der Waals surface area (Å²) in [6, 6.07) is 5.94. The summed E-state index contributed by atoms with van der Waals surface area (Å²) in [7, 11) is 1.33. The van der Waals surface area contributed by atoms with Crippen LogP contribution in [0.3, 0.4) is 0 Å². The third-order valence-corrected chi connectivity index (χ3v) is 4.11. The molecule has 0 saturated heterocycles. The van der Waals surface area contributed by atoms with Gasteiger partial charge in [-0.1, -0.05) is 19.4 Å². The van der Waals surface area contributed by atoms with Gasteiger partial charge in [-0.2, -0.15) is 0 Å². The number of pyridine rings is 1. The van der Waals surface area contributed by atoms with E-state index in [-0.39, 0.29) is 6.04 Å². The molecule has 0 spiro atoms. The van der Waals surface area contributed by atoms with Crippen molar-refractivity contribution >= 4 is 28.8 Å². The maximum absolute atomic E-state index is 11.7. The van der Waals surface area contributed by atoms with Crippen LogP contribution in [-0.4, -0.2) is 18.1 Å². The van der Waals surface area contributed by atoms with Crippen LogP contribution in [0.4, 0.5) is 11.5 Å². The summed E-state index contributed by atoms with van der Waals surface area (Å²) in [6.07, 6.45) is 3.51. The molecule has 0 radical (unpaired) electrons. The Hall–Kier alpha value is -2.08. The minimum Gasteiger partial charge on any atom is -0.465 e. The SMILES string of the molecule is CCCC(Nc1cc(C(=O)OC)c(N)cn1)c1cccs1. The number of carbonyl (C=O) groups excluding carboxylic acids is 1. The van der Waals surface area contributed by atoms with Crippen molar-refractivity contribution in [3.8, 4) is 0 Å². The molecule has 0 aliphatic rings. The highest BCUT2D eigenvalue weighted by Gasteiger charge is 2.15. The van der Waals surface area contributed by atoms with Crippen molar-refractivity contribution in [1.82, 2.24) is 4.98 Å². The largest absolute Gasteiger partial charge is 0.465 e. The Morgan fingerprint density at radius 1 is 1.57 bits per heavy atom. The predicted octanol–water partition coefficient (Wildman–Crippen LogP) is 3.47. The number of nitrogen functional groups attached to an aromatic ring is 1. The number of thiophene rings is 1. The van der Waals surface area contributed by atoms with Gasteiger partial charge in [-0.15, -0.1) is 11.3 Å². The molecule has 2 heterocycles. The molecule has 0 saturated carbocycles. The van der Waals surface area contributed by atoms with Crippen LogP contribution < -0.4 is 11.1 Å². The van der Waals surface area contributed by atoms with Crippen LogP contribution in [0.1, 0.15) is 41.0 Å². The van der Waals surface area contributed by atoms with Gasteiger partial charge in [-0.05, 0) is 23.9 Å². The number of anilines is 2. The molecule has 6 heteroatoms. The van der Waals surface area contributed by atoms with Gasteiger partial charge in [0.05, 0.1) is 30.6 Å². The van der Waals surface area contributed by atoms with Gasteiger partial charge in [-0.25, -0.2) is 9.78 Å². The van der Waals surface area contributed by atoms with E-state index in [1.54, 1.807) is 17.4 Å². The first kappa shape index (κ1) is 15.3. The van der Waals surface area contributed by atoms with Crippen LogP contribution >= 0.6 is 11.3 Å². The van der Waals surface area contributed by atoms with Crippen molar-refractivity contribution in [2.24, 2.45) is 0 Å². The first-order chi connectivity index (χ1) is 10.2. The van der Waals surface area contributed by atoms with E-state index < -0.39 is 5.97 Å². The van der Waals surface area contributed by atoms with Gasteiger partial charge in [0.1, 0.15) is 5.82 Å². The molecule has 0 fully saturated rings. The highest BCUT2D eigenvalue weighted by Crippen LogP contribution is 2.27. The number of nitrogens with two attached hydrogens (primary N) is 1. The van der Waals surface area contributed by atoms with Gasteiger partial charge in [0, 0.05) is 4.88 Å². The van der Waals surface area contributed by atoms with Crippen LogP contribution in [-0.2, 0) is 4.74 Å². The Morgan fingerprint density at radius 2 is 2.38 bits per heavy atom. The zero-order valence-corrected chi connectivity index (χ0v) is 12.9. The maximum atomic E-state index is 11.7. The lowest BCUT2D eigenvalue weighted by Crippen LogP contribution is -2.12. The fourth-order valence-corrected chi connectivity index (χ4v) is 2.89. The number of hydrogen-bond donors (Lipinski definition) is 2. The van der Waals surface area contributed by atoms with Gasteiger partial charge in [0.25, 0.3) is 0 Å². The second-order valence-electron chi connectivity index (χ2n) is 4.65. The molecule has 21 heavy (non-hydrogen) atoms. The Morgan fingerprint density at radius 3 is 3.00 bits per heavy atom. The van der Waals surface area contributed by atoms with Gasteiger partial charge in [0.15, 0.2) is 0 Å². The Balaban J connectivity index is 2.23. The van der Waals surface area contributed by atoms with Crippen molar-refractivity contribution in [1.29, 1.82) is 0 Å². The quantitative estimate of drug-likeness (QED) is 0.799. The van der Waals surface area contributed by atoms with E-state index in [4.69, 9.17) is 10.5 Å². The molecule has 0 aliphatic carbocycles. The number of esters is 1. The Bertz CT molecular complexity index is 599. The first-order valence-electron chi connectivity index (χ1n) is 6.79. The van der Waals surface area contributed by atoms with E-state index in [0.717, 1.165) is 12.8 Å². The number of carbonyl (C=O) groups is 1. The van der Waals surface area contributed by atoms with Crippen LogP contribution in [0.15, 0.2) is 29.8 Å². The standard InChI is InChI=1S/C15H19N3O2S/c1-3-5-12(13-6-4-7-21-13)18-14-8-10(15(19)20-2)11(16)9-17-14/h4,6-9,12H,3,5,16H2,1-2H3,(H,17,18). The number of hydrogen-bond acceptors (Lipinski definition) is 6. The lowest BCUT2D eigenvalue weighted by molar-refractivity contribution is 0.0602. The molecular formula is C15H19N3O2S. The average molecular weight is 305 g/mol. The molecule has 2 aromatic rings. The molecule has 2 rings (SSSR count). The Labute approximate surface area is 128 Å². The lowest BCUT2D eigenvalue weighted by atomic mass is 10.1. The molecule has 0 amide bonds. The summed E-state index contributed by atoms with van der Waals surface area (Å²) in [5.74, 6) is 0.164. The van der Waals surface area contributed by atoms with Gasteiger partial charge < -0.3 is 15.8 Å². The minimum absolute atomic E-state index is 0.177. The molecule has 1 atom stereocenters. The molecule has 3 N–H and O–H groups in total. The molecule has 0 aromatic carbocycles. The van der Waals surface area contributed by atoms with Crippen LogP contribution in [0.5, 0.6) is 0 Å². The Kier molecular flexibility index (Phi) is 5.16. The summed E-state index contributed by atoms with van der Waals surface area (Å²) in [4.78, 5) is 17.2. The van der Waals surface area contributed by atoms with Crippen LogP contribution in [0.25, 0.3) is 0 Å². The molecule has 0 aliphatic heterocycles. The molecule has 2 aromatic heterocycles. The normalized spacial score (nSPS) is 11.9. The highest BCUT2D eigenvalue weighted by molar-refractivity contribution is 7.10. The van der Waals surface area contributed by atoms with Crippen molar-refractivity contribution in [3.05, 3.63) is 40.2 Å². The molecule has 1 unspecified atom stereocenters. The second kappa shape index (κ2) is 7.08. The molecule has 0 bridgehead atoms. The fraction of sp³-hybridized carbons (Fsp3) is 0.333. The van der Waals surface area contributed by atoms with E-state index in [9.17, 15) is 4.79 Å². The van der Waals surface area contributed by atoms with Crippen molar-refractivity contribution < 1.29 is 9.53 Å². The lowest BCUT2D eigenvalue weighted by Gasteiger charge is -2.18. The van der Waals surface area contributed by atoms with Crippen molar-refractivity contribution in [2.75, 3.05) is 18.2 Å². The van der Waals surface area contributed by atoms with Crippen LogP contribution in [0, 0.1) is 0 Å². The summed E-state index contributed by atoms with van der Waals surface area (Å²) in [5.41, 5.74) is 6.41. The average Bonchev–Trinajstić information content (AvgIpc) is 3.02. The smallest absolute Gasteiger partial charge is 0.340 e. The van der Waals surface area contributed by atoms with Crippen LogP contribution in [0.2, 0.25) is 0 Å². The maximum Gasteiger partial charge on any atom is 0.340 e. The van der Waals surface area contributed by atoms with E-state index >= 15 is 0 Å². The van der Waals surface area contributed by atoms with Gasteiger partial charge in [-0.3, -0.25) is 0 Å². The third kappa shape index (κ3) is 3.72. The highest BCUT2D eigenvalue weighted by atomic mass is 32.1. The predicted molar refractivity (Wildman–Crippen MR) is 85.6 cm³/mol.